The van der Waals surface area contributed by atoms with E-state index in [1.54, 1.807) is 0 Å². The lowest BCUT2D eigenvalue weighted by molar-refractivity contribution is -0.928. The molecule has 0 amide bonds. The van der Waals surface area contributed by atoms with Gasteiger partial charge in [-0.3, -0.25) is 14.4 Å². The van der Waals surface area contributed by atoms with Gasteiger partial charge in [0.1, 0.15) is 0 Å². The van der Waals surface area contributed by atoms with Gasteiger partial charge >= 0.3 is 17.9 Å². The van der Waals surface area contributed by atoms with E-state index in [1.165, 1.54) is 25.7 Å². The summed E-state index contributed by atoms with van der Waals surface area (Å²) in [6.45, 7) is 5.71. The molecule has 0 aliphatic rings. The number of hydrogen-bond acceptors (Lipinski definition) is 3. The van der Waals surface area contributed by atoms with Crippen LogP contribution in [0, 0.1) is 0 Å². The molecule has 0 aliphatic carbocycles. The third kappa shape index (κ3) is 18.8. The maximum absolute atomic E-state index is 10.9. The van der Waals surface area contributed by atoms with Gasteiger partial charge in [-0.25, -0.2) is 0 Å². The molecule has 0 aromatic heterocycles. The van der Waals surface area contributed by atoms with E-state index in [-0.39, 0.29) is 19.3 Å². The molecule has 0 aliphatic heterocycles. The van der Waals surface area contributed by atoms with E-state index in [4.69, 9.17) is 15.3 Å². The predicted molar refractivity (Wildman–Crippen MR) is 127 cm³/mol. The Hall–Kier alpha value is -1.89. The molecular formula is C25H46NO6+. The molecule has 0 aromatic carbocycles. The first-order valence-electron chi connectivity index (χ1n) is 12.5. The van der Waals surface area contributed by atoms with E-state index in [1.807, 2.05) is 0 Å². The number of unbranched alkanes of at least 4 members (excludes halogenated alkanes) is 7. The molecular weight excluding hydrogens is 410 g/mol. The van der Waals surface area contributed by atoms with Crippen LogP contribution in [0.3, 0.4) is 0 Å². The minimum absolute atomic E-state index is 0.162. The van der Waals surface area contributed by atoms with E-state index in [0.29, 0.717) is 19.3 Å². The van der Waals surface area contributed by atoms with Gasteiger partial charge in [0.15, 0.2) is 0 Å². The van der Waals surface area contributed by atoms with Crippen molar-refractivity contribution in [3.63, 3.8) is 0 Å². The average Bonchev–Trinajstić information content (AvgIpc) is 2.73. The summed E-state index contributed by atoms with van der Waals surface area (Å²) in [5.41, 5.74) is 0. The van der Waals surface area contributed by atoms with Crippen LogP contribution in [0.1, 0.15) is 103 Å². The molecule has 0 bridgehead atoms. The number of rotatable bonds is 23. The van der Waals surface area contributed by atoms with Crippen molar-refractivity contribution in [1.82, 2.24) is 0 Å². The molecule has 0 atom stereocenters. The summed E-state index contributed by atoms with van der Waals surface area (Å²) in [6.07, 6.45) is 16.3. The topological polar surface area (TPSA) is 112 Å². The smallest absolute Gasteiger partial charge is 0.303 e. The van der Waals surface area contributed by atoms with Crippen LogP contribution in [0.5, 0.6) is 0 Å². The Labute approximate surface area is 194 Å². The number of hydrogen-bond donors (Lipinski definition) is 3. The highest BCUT2D eigenvalue weighted by molar-refractivity contribution is 5.67. The summed E-state index contributed by atoms with van der Waals surface area (Å²) in [5.74, 6) is -2.34. The van der Waals surface area contributed by atoms with Gasteiger partial charge in [0.25, 0.3) is 0 Å². The molecule has 186 valence electrons. The van der Waals surface area contributed by atoms with Crippen LogP contribution in [0.25, 0.3) is 0 Å². The highest BCUT2D eigenvalue weighted by atomic mass is 16.4. The van der Waals surface area contributed by atoms with E-state index < -0.39 is 17.9 Å². The molecule has 0 spiro atoms. The van der Waals surface area contributed by atoms with Crippen molar-refractivity contribution >= 4 is 17.9 Å². The maximum Gasteiger partial charge on any atom is 0.303 e. The summed E-state index contributed by atoms with van der Waals surface area (Å²) in [7, 11) is 0. The van der Waals surface area contributed by atoms with Crippen molar-refractivity contribution in [1.29, 1.82) is 0 Å². The lowest BCUT2D eigenvalue weighted by Crippen LogP contribution is -2.50. The minimum Gasteiger partial charge on any atom is -0.481 e. The Morgan fingerprint density at radius 1 is 0.562 bits per heavy atom. The van der Waals surface area contributed by atoms with E-state index in [2.05, 4.69) is 19.1 Å². The van der Waals surface area contributed by atoms with Gasteiger partial charge in [0, 0.05) is 25.7 Å². The molecule has 0 rings (SSSR count). The van der Waals surface area contributed by atoms with Gasteiger partial charge in [-0.1, -0.05) is 38.3 Å². The minimum atomic E-state index is -0.781. The van der Waals surface area contributed by atoms with Crippen LogP contribution in [-0.4, -0.2) is 63.9 Å². The van der Waals surface area contributed by atoms with Crippen molar-refractivity contribution in [3.8, 4) is 0 Å². The molecule has 3 N–H and O–H groups in total. The van der Waals surface area contributed by atoms with E-state index in [0.717, 1.165) is 62.8 Å². The van der Waals surface area contributed by atoms with Crippen LogP contribution in [0.15, 0.2) is 12.2 Å². The number of carboxylic acids is 3. The van der Waals surface area contributed by atoms with Crippen molar-refractivity contribution in [2.45, 2.75) is 103 Å². The molecule has 0 aromatic rings. The summed E-state index contributed by atoms with van der Waals surface area (Å²) in [6, 6.07) is 0. The van der Waals surface area contributed by atoms with Crippen molar-refractivity contribution in [2.75, 3.05) is 26.2 Å². The quantitative estimate of drug-likeness (QED) is 0.107. The van der Waals surface area contributed by atoms with E-state index >= 15 is 0 Å². The predicted octanol–water partition coefficient (Wildman–Crippen LogP) is 5.48. The van der Waals surface area contributed by atoms with Crippen LogP contribution in [0.2, 0.25) is 0 Å². The lowest BCUT2D eigenvalue weighted by atomic mass is 10.1. The van der Waals surface area contributed by atoms with Gasteiger partial charge < -0.3 is 19.8 Å². The van der Waals surface area contributed by atoms with Crippen molar-refractivity contribution < 1.29 is 34.2 Å². The SMILES string of the molecule is CCCCCC/C=C/CC[N+](CCCCC(=O)O)(CCCCC(=O)O)CCCCC(=O)O. The number of quaternary nitrogens is 1. The third-order valence-corrected chi connectivity index (χ3v) is 5.98. The Bertz CT molecular complexity index is 491. The molecule has 0 saturated heterocycles. The van der Waals surface area contributed by atoms with Gasteiger partial charge in [-0.15, -0.1) is 0 Å². The zero-order chi connectivity index (χ0) is 24.1. The number of nitrogens with zero attached hydrogens (tertiary/aromatic N) is 1. The van der Waals surface area contributed by atoms with Crippen LogP contribution < -0.4 is 0 Å². The summed E-state index contributed by atoms with van der Waals surface area (Å²) in [5, 5.41) is 26.8. The Kier molecular flexibility index (Phi) is 18.6. The largest absolute Gasteiger partial charge is 0.481 e. The van der Waals surface area contributed by atoms with Gasteiger partial charge in [-0.05, 0) is 51.4 Å². The second kappa shape index (κ2) is 19.8. The zero-order valence-corrected chi connectivity index (χ0v) is 20.1. The summed E-state index contributed by atoms with van der Waals surface area (Å²) < 4.78 is 0.818. The van der Waals surface area contributed by atoms with Gasteiger partial charge in [-0.2, -0.15) is 0 Å². The molecule has 0 radical (unpaired) electrons. The molecule has 0 unspecified atom stereocenters. The number of carboxylic acid groups (broad SMARTS) is 3. The molecule has 32 heavy (non-hydrogen) atoms. The second-order valence-corrected chi connectivity index (χ2v) is 8.90. The molecule has 7 heteroatoms. The monoisotopic (exact) mass is 456 g/mol. The first-order chi connectivity index (χ1) is 15.3. The van der Waals surface area contributed by atoms with E-state index in [9.17, 15) is 14.4 Å². The first kappa shape index (κ1) is 30.1. The normalized spacial score (nSPS) is 11.8. The van der Waals surface area contributed by atoms with Gasteiger partial charge in [0.05, 0.1) is 26.2 Å². The van der Waals surface area contributed by atoms with Crippen LogP contribution in [-0.2, 0) is 14.4 Å². The standard InChI is InChI=1S/C25H45NO6/c1-2-3-4-5-6-7-8-12-19-26(20-13-9-16-23(27)28,21-14-10-17-24(29)30)22-15-11-18-25(31)32/h7-8H,2-6,9-22H2,1H3,(H2-,27,28,29,30,31,32)/p+1/b8-7+. The number of aliphatic carboxylic acids is 3. The van der Waals surface area contributed by atoms with Crippen LogP contribution >= 0.6 is 0 Å². The summed E-state index contributed by atoms with van der Waals surface area (Å²) in [4.78, 5) is 32.7. The Morgan fingerprint density at radius 2 is 1.00 bits per heavy atom. The number of allylic oxidation sites excluding steroid dienone is 1. The zero-order valence-electron chi connectivity index (χ0n) is 20.1. The fraction of sp³-hybridized carbons (Fsp3) is 0.800. The fourth-order valence-electron chi connectivity index (χ4n) is 4.11. The number of carbonyl (C=O) groups is 3. The van der Waals surface area contributed by atoms with Crippen molar-refractivity contribution in [2.24, 2.45) is 0 Å². The highest BCUT2D eigenvalue weighted by Gasteiger charge is 2.26. The molecule has 7 nitrogen and oxygen atoms in total. The Balaban J connectivity index is 4.93. The second-order valence-electron chi connectivity index (χ2n) is 8.90. The third-order valence-electron chi connectivity index (χ3n) is 5.98. The molecule has 0 heterocycles. The first-order valence-corrected chi connectivity index (χ1v) is 12.5. The summed E-state index contributed by atoms with van der Waals surface area (Å²) >= 11 is 0. The molecule has 0 saturated carbocycles. The van der Waals surface area contributed by atoms with Crippen LogP contribution in [0.4, 0.5) is 0 Å². The Morgan fingerprint density at radius 3 is 1.41 bits per heavy atom. The average molecular weight is 457 g/mol. The molecule has 0 fully saturated rings. The van der Waals surface area contributed by atoms with Gasteiger partial charge in [0.2, 0.25) is 0 Å². The fourth-order valence-corrected chi connectivity index (χ4v) is 4.11. The van der Waals surface area contributed by atoms with Crippen molar-refractivity contribution in [3.05, 3.63) is 12.2 Å². The maximum atomic E-state index is 10.9. The lowest BCUT2D eigenvalue weighted by Gasteiger charge is -2.39. The highest BCUT2D eigenvalue weighted by Crippen LogP contribution is 2.18.